The van der Waals surface area contributed by atoms with Gasteiger partial charge in [0.1, 0.15) is 11.9 Å². The van der Waals surface area contributed by atoms with Gasteiger partial charge in [-0.3, -0.25) is 10.1 Å². The van der Waals surface area contributed by atoms with E-state index in [2.05, 4.69) is 0 Å². The van der Waals surface area contributed by atoms with Crippen LogP contribution in [0, 0.1) is 27.3 Å². The first-order chi connectivity index (χ1) is 7.97. The second kappa shape index (κ2) is 5.34. The Bertz CT molecular complexity index is 472. The number of non-ortho nitro benzene ring substituents is 1. The SMILES string of the molecule is N#CCC(O)C(O)c1cc([N+](=O)[O-])ccc1F. The maximum absolute atomic E-state index is 13.3. The van der Waals surface area contributed by atoms with Crippen molar-refractivity contribution in [2.45, 2.75) is 18.6 Å². The molecule has 7 heteroatoms. The number of nitro groups is 1. The lowest BCUT2D eigenvalue weighted by Crippen LogP contribution is -2.18. The quantitative estimate of drug-likeness (QED) is 0.603. The lowest BCUT2D eigenvalue weighted by molar-refractivity contribution is -0.385. The zero-order valence-corrected chi connectivity index (χ0v) is 8.58. The first-order valence-corrected chi connectivity index (χ1v) is 4.64. The molecule has 1 aromatic carbocycles. The predicted molar refractivity (Wildman–Crippen MR) is 54.3 cm³/mol. The van der Waals surface area contributed by atoms with Crippen LogP contribution < -0.4 is 0 Å². The van der Waals surface area contributed by atoms with Crippen LogP contribution in [0.1, 0.15) is 18.1 Å². The van der Waals surface area contributed by atoms with Gasteiger partial charge in [0.05, 0.1) is 23.5 Å². The molecule has 0 spiro atoms. The van der Waals surface area contributed by atoms with Gasteiger partial charge in [-0.1, -0.05) is 0 Å². The van der Waals surface area contributed by atoms with Gasteiger partial charge in [0.15, 0.2) is 0 Å². The number of hydrogen-bond donors (Lipinski definition) is 2. The van der Waals surface area contributed by atoms with Gasteiger partial charge < -0.3 is 10.2 Å². The fourth-order valence-electron chi connectivity index (χ4n) is 1.28. The fourth-order valence-corrected chi connectivity index (χ4v) is 1.28. The van der Waals surface area contributed by atoms with Crippen LogP contribution >= 0.6 is 0 Å². The Labute approximate surface area is 95.7 Å². The molecule has 0 aliphatic carbocycles. The number of rotatable bonds is 4. The molecule has 17 heavy (non-hydrogen) atoms. The smallest absolute Gasteiger partial charge is 0.270 e. The molecule has 0 aromatic heterocycles. The topological polar surface area (TPSA) is 107 Å². The number of halogens is 1. The molecule has 2 N–H and O–H groups in total. The van der Waals surface area contributed by atoms with E-state index in [1.807, 2.05) is 0 Å². The minimum absolute atomic E-state index is 0.399. The van der Waals surface area contributed by atoms with Crippen LogP contribution in [0.25, 0.3) is 0 Å². The Morgan fingerprint density at radius 1 is 1.53 bits per heavy atom. The lowest BCUT2D eigenvalue weighted by Gasteiger charge is -2.15. The van der Waals surface area contributed by atoms with Crippen LogP contribution in [0.5, 0.6) is 0 Å². The minimum Gasteiger partial charge on any atom is -0.389 e. The van der Waals surface area contributed by atoms with E-state index in [-0.39, 0.29) is 0 Å². The van der Waals surface area contributed by atoms with Crippen LogP contribution in [0.15, 0.2) is 18.2 Å². The molecule has 2 atom stereocenters. The number of hydrogen-bond acceptors (Lipinski definition) is 5. The van der Waals surface area contributed by atoms with Crippen molar-refractivity contribution in [1.29, 1.82) is 5.26 Å². The molecule has 0 saturated heterocycles. The van der Waals surface area contributed by atoms with Crippen molar-refractivity contribution >= 4 is 5.69 Å². The molecule has 0 fully saturated rings. The largest absolute Gasteiger partial charge is 0.389 e. The van der Waals surface area contributed by atoms with Crippen molar-refractivity contribution in [3.05, 3.63) is 39.7 Å². The van der Waals surface area contributed by atoms with Crippen molar-refractivity contribution in [3.63, 3.8) is 0 Å². The Kier molecular flexibility index (Phi) is 4.09. The standard InChI is InChI=1S/C10H9FN2O4/c11-8-2-1-6(13(16)17)5-7(8)10(15)9(14)3-4-12/h1-2,5,9-10,14-15H,3H2. The zero-order chi connectivity index (χ0) is 13.0. The van der Waals surface area contributed by atoms with Gasteiger partial charge in [-0.15, -0.1) is 0 Å². The molecule has 1 aromatic rings. The number of nitrogens with zero attached hydrogens (tertiary/aromatic N) is 2. The summed E-state index contributed by atoms with van der Waals surface area (Å²) in [6, 6.07) is 4.22. The maximum Gasteiger partial charge on any atom is 0.270 e. The highest BCUT2D eigenvalue weighted by Gasteiger charge is 2.23. The maximum atomic E-state index is 13.3. The van der Waals surface area contributed by atoms with Gasteiger partial charge in [0, 0.05) is 17.7 Å². The number of nitriles is 1. The van der Waals surface area contributed by atoms with E-state index in [0.29, 0.717) is 0 Å². The van der Waals surface area contributed by atoms with Crippen molar-refractivity contribution < 1.29 is 19.5 Å². The van der Waals surface area contributed by atoms with Gasteiger partial charge in [-0.25, -0.2) is 4.39 Å². The molecule has 90 valence electrons. The van der Waals surface area contributed by atoms with Gasteiger partial charge >= 0.3 is 0 Å². The Morgan fingerprint density at radius 2 is 2.18 bits per heavy atom. The minimum atomic E-state index is -1.67. The van der Waals surface area contributed by atoms with E-state index in [1.54, 1.807) is 6.07 Å². The third-order valence-corrected chi connectivity index (χ3v) is 2.17. The summed E-state index contributed by atoms with van der Waals surface area (Å²) >= 11 is 0. The first kappa shape index (κ1) is 13.0. The highest BCUT2D eigenvalue weighted by Crippen LogP contribution is 2.25. The molecule has 2 unspecified atom stereocenters. The number of benzene rings is 1. The molecule has 1 rings (SSSR count). The summed E-state index contributed by atoms with van der Waals surface area (Å²) in [7, 11) is 0. The third kappa shape index (κ3) is 2.96. The highest BCUT2D eigenvalue weighted by molar-refractivity contribution is 5.36. The summed E-state index contributed by atoms with van der Waals surface area (Å²) in [6.45, 7) is 0. The normalized spacial score (nSPS) is 13.8. The molecule has 0 aliphatic heterocycles. The second-order valence-electron chi connectivity index (χ2n) is 3.34. The van der Waals surface area contributed by atoms with Gasteiger partial charge in [-0.05, 0) is 6.07 Å². The molecular formula is C10H9FN2O4. The highest BCUT2D eigenvalue weighted by atomic mass is 19.1. The molecule has 0 aliphatic rings. The Morgan fingerprint density at radius 3 is 2.71 bits per heavy atom. The van der Waals surface area contributed by atoms with Crippen molar-refractivity contribution in [2.24, 2.45) is 0 Å². The van der Waals surface area contributed by atoms with Crippen molar-refractivity contribution in [1.82, 2.24) is 0 Å². The lowest BCUT2D eigenvalue weighted by atomic mass is 10.0. The van der Waals surface area contributed by atoms with E-state index < -0.39 is 40.6 Å². The molecular weight excluding hydrogens is 231 g/mol. The van der Waals surface area contributed by atoms with Gasteiger partial charge in [0.25, 0.3) is 5.69 Å². The predicted octanol–water partition coefficient (Wildman–Crippen LogP) is 1.04. The third-order valence-electron chi connectivity index (χ3n) is 2.17. The first-order valence-electron chi connectivity index (χ1n) is 4.64. The fraction of sp³-hybridized carbons (Fsp3) is 0.300. The Balaban J connectivity index is 3.08. The average Bonchev–Trinajstić information content (AvgIpc) is 2.28. The molecule has 0 heterocycles. The molecule has 6 nitrogen and oxygen atoms in total. The summed E-state index contributed by atoms with van der Waals surface area (Å²) in [5, 5.41) is 37.7. The average molecular weight is 240 g/mol. The van der Waals surface area contributed by atoms with E-state index in [4.69, 9.17) is 5.26 Å². The van der Waals surface area contributed by atoms with E-state index in [0.717, 1.165) is 18.2 Å². The van der Waals surface area contributed by atoms with Crippen LogP contribution in [0.4, 0.5) is 10.1 Å². The second-order valence-corrected chi connectivity index (χ2v) is 3.34. The van der Waals surface area contributed by atoms with Gasteiger partial charge in [0.2, 0.25) is 0 Å². The van der Waals surface area contributed by atoms with Crippen molar-refractivity contribution in [3.8, 4) is 6.07 Å². The molecule has 0 radical (unpaired) electrons. The zero-order valence-electron chi connectivity index (χ0n) is 8.58. The Hall–Kier alpha value is -2.04. The van der Waals surface area contributed by atoms with Crippen LogP contribution in [-0.2, 0) is 0 Å². The monoisotopic (exact) mass is 240 g/mol. The van der Waals surface area contributed by atoms with Crippen molar-refractivity contribution in [2.75, 3.05) is 0 Å². The van der Waals surface area contributed by atoms with E-state index >= 15 is 0 Å². The van der Waals surface area contributed by atoms with E-state index in [1.165, 1.54) is 0 Å². The van der Waals surface area contributed by atoms with Gasteiger partial charge in [-0.2, -0.15) is 5.26 Å². The van der Waals surface area contributed by atoms with E-state index in [9.17, 15) is 24.7 Å². The molecule has 0 bridgehead atoms. The number of aliphatic hydroxyl groups excluding tert-OH is 2. The summed E-state index contributed by atoms with van der Waals surface area (Å²) in [6.07, 6.45) is -3.56. The number of nitro benzene ring substituents is 1. The summed E-state index contributed by atoms with van der Waals surface area (Å²) in [5.74, 6) is -0.875. The summed E-state index contributed by atoms with van der Waals surface area (Å²) in [5.41, 5.74) is -0.799. The van der Waals surface area contributed by atoms with Crippen LogP contribution in [-0.4, -0.2) is 21.2 Å². The summed E-state index contributed by atoms with van der Waals surface area (Å²) in [4.78, 5) is 9.73. The van der Waals surface area contributed by atoms with Crippen LogP contribution in [0.3, 0.4) is 0 Å². The molecule has 0 saturated carbocycles. The summed E-state index contributed by atoms with van der Waals surface area (Å²) < 4.78 is 13.3. The number of aliphatic hydroxyl groups is 2. The molecule has 0 amide bonds. The van der Waals surface area contributed by atoms with Crippen LogP contribution in [0.2, 0.25) is 0 Å².